The van der Waals surface area contributed by atoms with Gasteiger partial charge in [-0.2, -0.15) is 5.26 Å². The lowest BCUT2D eigenvalue weighted by molar-refractivity contribution is 0.00764. The zero-order valence-corrected chi connectivity index (χ0v) is 10.2. The highest BCUT2D eigenvalue weighted by molar-refractivity contribution is 5.11. The fourth-order valence-electron chi connectivity index (χ4n) is 3.13. The molecule has 1 saturated carbocycles. The summed E-state index contributed by atoms with van der Waals surface area (Å²) in [5.41, 5.74) is -0.171. The second kappa shape index (κ2) is 5.16. The molecule has 0 aromatic heterocycles. The van der Waals surface area contributed by atoms with Gasteiger partial charge in [0.1, 0.15) is 5.54 Å². The Balaban J connectivity index is 2.00. The van der Waals surface area contributed by atoms with Crippen LogP contribution < -0.4 is 0 Å². The fraction of sp³-hybridized carbons (Fsp3) is 0.923. The lowest BCUT2D eigenvalue weighted by Gasteiger charge is -2.44. The predicted octanol–water partition coefficient (Wildman–Crippen LogP) is 2.32. The number of ether oxygens (including phenoxy) is 1. The van der Waals surface area contributed by atoms with Gasteiger partial charge in [-0.15, -0.1) is 0 Å². The van der Waals surface area contributed by atoms with Gasteiger partial charge >= 0.3 is 0 Å². The van der Waals surface area contributed by atoms with Crippen molar-refractivity contribution in [1.29, 1.82) is 5.26 Å². The van der Waals surface area contributed by atoms with E-state index in [4.69, 9.17) is 4.74 Å². The monoisotopic (exact) mass is 222 g/mol. The Labute approximate surface area is 98.4 Å². The van der Waals surface area contributed by atoms with Crippen LogP contribution in [0.4, 0.5) is 0 Å². The highest BCUT2D eigenvalue weighted by Crippen LogP contribution is 2.35. The van der Waals surface area contributed by atoms with E-state index in [0.29, 0.717) is 6.10 Å². The van der Waals surface area contributed by atoms with Gasteiger partial charge in [-0.3, -0.25) is 4.90 Å². The second-order valence-corrected chi connectivity index (χ2v) is 5.13. The van der Waals surface area contributed by atoms with Crippen LogP contribution in [0.5, 0.6) is 0 Å². The number of hydrogen-bond donors (Lipinski definition) is 0. The van der Waals surface area contributed by atoms with E-state index in [-0.39, 0.29) is 5.54 Å². The van der Waals surface area contributed by atoms with Crippen LogP contribution in [0.15, 0.2) is 0 Å². The molecular formula is C13H22N2O. The third kappa shape index (κ3) is 2.23. The van der Waals surface area contributed by atoms with Gasteiger partial charge in [-0.25, -0.2) is 0 Å². The summed E-state index contributed by atoms with van der Waals surface area (Å²) < 4.78 is 5.39. The zero-order chi connectivity index (χ0) is 11.4. The minimum atomic E-state index is -0.171. The lowest BCUT2D eigenvalue weighted by Crippen LogP contribution is -2.52. The van der Waals surface area contributed by atoms with Crippen LogP contribution in [-0.2, 0) is 4.74 Å². The summed E-state index contributed by atoms with van der Waals surface area (Å²) in [5.74, 6) is 0. The van der Waals surface area contributed by atoms with E-state index >= 15 is 0 Å². The van der Waals surface area contributed by atoms with Crippen molar-refractivity contribution in [2.45, 2.75) is 56.6 Å². The molecule has 2 aliphatic rings. The van der Waals surface area contributed by atoms with Gasteiger partial charge < -0.3 is 4.74 Å². The van der Waals surface area contributed by atoms with Gasteiger partial charge in [-0.1, -0.05) is 6.42 Å². The van der Waals surface area contributed by atoms with E-state index < -0.39 is 0 Å². The molecule has 0 atom stereocenters. The summed E-state index contributed by atoms with van der Waals surface area (Å²) >= 11 is 0. The van der Waals surface area contributed by atoms with E-state index in [1.54, 1.807) is 7.11 Å². The Morgan fingerprint density at radius 1 is 1.19 bits per heavy atom. The van der Waals surface area contributed by atoms with Gasteiger partial charge in [-0.05, 0) is 51.6 Å². The van der Waals surface area contributed by atoms with Crippen molar-refractivity contribution in [3.05, 3.63) is 0 Å². The molecule has 0 unspecified atom stereocenters. The topological polar surface area (TPSA) is 36.3 Å². The standard InChI is InChI=1S/C13H22N2O/c1-16-12-5-7-13(11-14,8-6-12)15-9-3-2-4-10-15/h12H,2-10H2,1H3. The molecule has 1 aliphatic carbocycles. The smallest absolute Gasteiger partial charge is 0.109 e. The summed E-state index contributed by atoms with van der Waals surface area (Å²) in [5, 5.41) is 9.52. The van der Waals surface area contributed by atoms with Crippen molar-refractivity contribution in [2.75, 3.05) is 20.2 Å². The minimum Gasteiger partial charge on any atom is -0.381 e. The predicted molar refractivity (Wildman–Crippen MR) is 63.0 cm³/mol. The Bertz CT molecular complexity index is 258. The molecule has 16 heavy (non-hydrogen) atoms. The number of methoxy groups -OCH3 is 1. The molecule has 2 fully saturated rings. The van der Waals surface area contributed by atoms with Crippen LogP contribution in [-0.4, -0.2) is 36.7 Å². The zero-order valence-electron chi connectivity index (χ0n) is 10.2. The van der Waals surface area contributed by atoms with Gasteiger partial charge in [0, 0.05) is 7.11 Å². The van der Waals surface area contributed by atoms with Crippen molar-refractivity contribution in [3.63, 3.8) is 0 Å². The molecule has 1 heterocycles. The van der Waals surface area contributed by atoms with Gasteiger partial charge in [0.15, 0.2) is 0 Å². The highest BCUT2D eigenvalue weighted by Gasteiger charge is 2.40. The van der Waals surface area contributed by atoms with Crippen LogP contribution in [0.3, 0.4) is 0 Å². The van der Waals surface area contributed by atoms with E-state index in [1.807, 2.05) is 0 Å². The molecule has 0 amide bonds. The third-order valence-corrected chi connectivity index (χ3v) is 4.26. The Kier molecular flexibility index (Phi) is 3.83. The molecule has 0 radical (unpaired) electrons. The van der Waals surface area contributed by atoms with Gasteiger partial charge in [0.2, 0.25) is 0 Å². The van der Waals surface area contributed by atoms with Crippen molar-refractivity contribution in [1.82, 2.24) is 4.90 Å². The lowest BCUT2D eigenvalue weighted by atomic mass is 9.79. The van der Waals surface area contributed by atoms with Crippen molar-refractivity contribution in [2.24, 2.45) is 0 Å². The second-order valence-electron chi connectivity index (χ2n) is 5.13. The van der Waals surface area contributed by atoms with Crippen molar-refractivity contribution in [3.8, 4) is 6.07 Å². The van der Waals surface area contributed by atoms with Crippen LogP contribution >= 0.6 is 0 Å². The maximum Gasteiger partial charge on any atom is 0.109 e. The summed E-state index contributed by atoms with van der Waals surface area (Å²) in [6, 6.07) is 2.60. The largest absolute Gasteiger partial charge is 0.381 e. The summed E-state index contributed by atoms with van der Waals surface area (Å²) in [6.07, 6.45) is 8.30. The first kappa shape index (κ1) is 11.9. The van der Waals surface area contributed by atoms with Crippen LogP contribution in [0.25, 0.3) is 0 Å². The molecule has 1 aliphatic heterocycles. The number of likely N-dealkylation sites (tertiary alicyclic amines) is 1. The molecule has 2 rings (SSSR count). The van der Waals surface area contributed by atoms with Gasteiger partial charge in [0.05, 0.1) is 12.2 Å². The molecule has 3 nitrogen and oxygen atoms in total. The van der Waals surface area contributed by atoms with Gasteiger partial charge in [0.25, 0.3) is 0 Å². The molecule has 0 aromatic carbocycles. The quantitative estimate of drug-likeness (QED) is 0.719. The normalized spacial score (nSPS) is 36.9. The number of nitriles is 1. The first-order valence-corrected chi connectivity index (χ1v) is 6.50. The summed E-state index contributed by atoms with van der Waals surface area (Å²) in [7, 11) is 1.78. The van der Waals surface area contributed by atoms with Crippen molar-refractivity contribution < 1.29 is 4.74 Å². The number of hydrogen-bond acceptors (Lipinski definition) is 3. The Hall–Kier alpha value is -0.590. The first-order valence-electron chi connectivity index (χ1n) is 6.50. The Morgan fingerprint density at radius 3 is 2.31 bits per heavy atom. The number of rotatable bonds is 2. The van der Waals surface area contributed by atoms with E-state index in [9.17, 15) is 5.26 Å². The van der Waals surface area contributed by atoms with E-state index in [0.717, 1.165) is 38.8 Å². The van der Waals surface area contributed by atoms with Crippen LogP contribution in [0, 0.1) is 11.3 Å². The average molecular weight is 222 g/mol. The summed E-state index contributed by atoms with van der Waals surface area (Å²) in [6.45, 7) is 2.23. The summed E-state index contributed by atoms with van der Waals surface area (Å²) in [4.78, 5) is 2.43. The SMILES string of the molecule is COC1CCC(C#N)(N2CCCCC2)CC1. The number of nitrogens with zero attached hydrogens (tertiary/aromatic N) is 2. The maximum absolute atomic E-state index is 9.52. The third-order valence-electron chi connectivity index (χ3n) is 4.26. The van der Waals surface area contributed by atoms with E-state index in [1.165, 1.54) is 19.3 Å². The molecular weight excluding hydrogens is 200 g/mol. The fourth-order valence-corrected chi connectivity index (χ4v) is 3.13. The van der Waals surface area contributed by atoms with E-state index in [2.05, 4.69) is 11.0 Å². The molecule has 1 saturated heterocycles. The molecule has 0 spiro atoms. The van der Waals surface area contributed by atoms with Crippen LogP contribution in [0.1, 0.15) is 44.9 Å². The molecule has 0 aromatic rings. The highest BCUT2D eigenvalue weighted by atomic mass is 16.5. The van der Waals surface area contributed by atoms with Crippen LogP contribution in [0.2, 0.25) is 0 Å². The minimum absolute atomic E-state index is 0.171. The number of piperidine rings is 1. The molecule has 0 N–H and O–H groups in total. The molecule has 90 valence electrons. The molecule has 0 bridgehead atoms. The molecule has 3 heteroatoms. The average Bonchev–Trinajstić information content (AvgIpc) is 2.40. The van der Waals surface area contributed by atoms with Crippen molar-refractivity contribution >= 4 is 0 Å². The maximum atomic E-state index is 9.52. The Morgan fingerprint density at radius 2 is 1.81 bits per heavy atom. The first-order chi connectivity index (χ1) is 7.80.